The molecule has 1 rings (SSSR count). The lowest BCUT2D eigenvalue weighted by atomic mass is 10.2. The Bertz CT molecular complexity index is 371. The van der Waals surface area contributed by atoms with Crippen LogP contribution in [-0.2, 0) is 4.74 Å². The van der Waals surface area contributed by atoms with Gasteiger partial charge in [0.25, 0.3) is 0 Å². The van der Waals surface area contributed by atoms with E-state index in [4.69, 9.17) is 9.47 Å². The maximum Gasteiger partial charge on any atom is 0.123 e. The van der Waals surface area contributed by atoms with Crippen LogP contribution >= 0.6 is 0 Å². The quantitative estimate of drug-likeness (QED) is 0.699. The average Bonchev–Trinajstić information content (AvgIpc) is 2.37. The minimum atomic E-state index is -0.230. The van der Waals surface area contributed by atoms with Gasteiger partial charge in [-0.1, -0.05) is 0 Å². The summed E-state index contributed by atoms with van der Waals surface area (Å²) in [5.74, 6) is 0.511. The molecule has 1 atom stereocenters. The molecule has 0 bridgehead atoms. The first-order chi connectivity index (χ1) is 9.13. The van der Waals surface area contributed by atoms with Crippen molar-refractivity contribution in [2.24, 2.45) is 0 Å². The zero-order valence-corrected chi connectivity index (χ0v) is 12.0. The molecule has 0 aromatic heterocycles. The Morgan fingerprint density at radius 2 is 2.16 bits per heavy atom. The van der Waals surface area contributed by atoms with E-state index < -0.39 is 0 Å². The Morgan fingerprint density at radius 3 is 2.84 bits per heavy atom. The topological polar surface area (TPSA) is 30.5 Å². The molecule has 0 fully saturated rings. The van der Waals surface area contributed by atoms with Gasteiger partial charge in [-0.3, -0.25) is 0 Å². The average molecular weight is 269 g/mol. The summed E-state index contributed by atoms with van der Waals surface area (Å²) in [6, 6.07) is 4.58. The van der Waals surface area contributed by atoms with Gasteiger partial charge in [-0.25, -0.2) is 4.39 Å². The van der Waals surface area contributed by atoms with E-state index in [0.717, 1.165) is 44.0 Å². The summed E-state index contributed by atoms with van der Waals surface area (Å²) < 4.78 is 24.0. The number of benzene rings is 1. The summed E-state index contributed by atoms with van der Waals surface area (Å²) in [4.78, 5) is 0. The summed E-state index contributed by atoms with van der Waals surface area (Å²) in [7, 11) is 0. The number of rotatable bonds is 9. The Morgan fingerprint density at radius 1 is 1.37 bits per heavy atom. The highest BCUT2D eigenvalue weighted by molar-refractivity contribution is 5.32. The predicted molar refractivity (Wildman–Crippen MR) is 75.2 cm³/mol. The second kappa shape index (κ2) is 8.88. The van der Waals surface area contributed by atoms with Crippen molar-refractivity contribution in [3.8, 4) is 5.75 Å². The van der Waals surface area contributed by atoms with Crippen LogP contribution in [0.5, 0.6) is 5.75 Å². The highest BCUT2D eigenvalue weighted by Crippen LogP contribution is 2.19. The van der Waals surface area contributed by atoms with Crippen LogP contribution in [0, 0.1) is 12.7 Å². The van der Waals surface area contributed by atoms with Gasteiger partial charge in [0, 0.05) is 19.8 Å². The van der Waals surface area contributed by atoms with Gasteiger partial charge in [-0.15, -0.1) is 0 Å². The number of hydrogen-bond acceptors (Lipinski definition) is 3. The molecule has 0 saturated heterocycles. The van der Waals surface area contributed by atoms with Crippen LogP contribution in [0.15, 0.2) is 18.2 Å². The maximum absolute atomic E-state index is 13.0. The van der Waals surface area contributed by atoms with Gasteiger partial charge < -0.3 is 14.8 Å². The summed E-state index contributed by atoms with van der Waals surface area (Å²) in [6.45, 7) is 9.07. The fourth-order valence-corrected chi connectivity index (χ4v) is 1.75. The Labute approximate surface area is 115 Å². The maximum atomic E-state index is 13.0. The van der Waals surface area contributed by atoms with Crippen molar-refractivity contribution in [3.63, 3.8) is 0 Å². The van der Waals surface area contributed by atoms with Crippen LogP contribution in [0.4, 0.5) is 4.39 Å². The standard InChI is InChI=1S/C15H24FNO2/c1-4-18-9-5-8-17-11-13(3)19-15-7-6-14(16)10-12(15)2/h6-7,10,13,17H,4-5,8-9,11H2,1-3H3. The fourth-order valence-electron chi connectivity index (χ4n) is 1.75. The number of halogens is 1. The third kappa shape index (κ3) is 6.55. The van der Waals surface area contributed by atoms with Gasteiger partial charge in [0.15, 0.2) is 0 Å². The van der Waals surface area contributed by atoms with Gasteiger partial charge in [-0.2, -0.15) is 0 Å². The van der Waals surface area contributed by atoms with Crippen molar-refractivity contribution in [2.45, 2.75) is 33.3 Å². The van der Waals surface area contributed by atoms with E-state index in [0.29, 0.717) is 0 Å². The van der Waals surface area contributed by atoms with E-state index in [-0.39, 0.29) is 11.9 Å². The molecule has 0 spiro atoms. The molecule has 108 valence electrons. The third-order valence-corrected chi connectivity index (χ3v) is 2.74. The van der Waals surface area contributed by atoms with Crippen LogP contribution in [0.1, 0.15) is 25.8 Å². The Kier molecular flexibility index (Phi) is 7.45. The largest absolute Gasteiger partial charge is 0.489 e. The molecule has 1 aromatic rings. The highest BCUT2D eigenvalue weighted by atomic mass is 19.1. The van der Waals surface area contributed by atoms with Gasteiger partial charge in [0.1, 0.15) is 17.7 Å². The third-order valence-electron chi connectivity index (χ3n) is 2.74. The van der Waals surface area contributed by atoms with Crippen LogP contribution in [0.2, 0.25) is 0 Å². The number of ether oxygens (including phenoxy) is 2. The Hall–Kier alpha value is -1.13. The molecular weight excluding hydrogens is 245 g/mol. The lowest BCUT2D eigenvalue weighted by Crippen LogP contribution is -2.30. The smallest absolute Gasteiger partial charge is 0.123 e. The van der Waals surface area contributed by atoms with Crippen LogP contribution in [0.25, 0.3) is 0 Å². The molecule has 0 heterocycles. The van der Waals surface area contributed by atoms with E-state index in [1.165, 1.54) is 12.1 Å². The molecule has 0 aliphatic carbocycles. The van der Waals surface area contributed by atoms with Crippen molar-refractivity contribution in [1.29, 1.82) is 0 Å². The van der Waals surface area contributed by atoms with E-state index in [2.05, 4.69) is 5.32 Å². The summed E-state index contributed by atoms with van der Waals surface area (Å²) in [5.41, 5.74) is 0.822. The molecule has 1 N–H and O–H groups in total. The lowest BCUT2D eigenvalue weighted by Gasteiger charge is -2.17. The van der Waals surface area contributed by atoms with Crippen LogP contribution in [-0.4, -0.2) is 32.4 Å². The highest BCUT2D eigenvalue weighted by Gasteiger charge is 2.06. The first-order valence-corrected chi connectivity index (χ1v) is 6.84. The normalized spacial score (nSPS) is 12.4. The van der Waals surface area contributed by atoms with E-state index >= 15 is 0 Å². The molecule has 1 unspecified atom stereocenters. The first kappa shape index (κ1) is 15.9. The van der Waals surface area contributed by atoms with E-state index in [1.54, 1.807) is 6.07 Å². The van der Waals surface area contributed by atoms with E-state index in [1.807, 2.05) is 20.8 Å². The Balaban J connectivity index is 2.21. The van der Waals surface area contributed by atoms with Crippen LogP contribution < -0.4 is 10.1 Å². The second-order valence-corrected chi connectivity index (χ2v) is 4.59. The minimum absolute atomic E-state index is 0.0521. The fraction of sp³-hybridized carbons (Fsp3) is 0.600. The van der Waals surface area contributed by atoms with E-state index in [9.17, 15) is 4.39 Å². The van der Waals surface area contributed by atoms with Crippen molar-refractivity contribution >= 4 is 0 Å². The lowest BCUT2D eigenvalue weighted by molar-refractivity contribution is 0.143. The zero-order valence-electron chi connectivity index (χ0n) is 12.0. The molecule has 0 amide bonds. The van der Waals surface area contributed by atoms with Gasteiger partial charge in [0.05, 0.1) is 0 Å². The summed E-state index contributed by atoms with van der Waals surface area (Å²) >= 11 is 0. The summed E-state index contributed by atoms with van der Waals surface area (Å²) in [6.07, 6.45) is 1.05. The molecule has 19 heavy (non-hydrogen) atoms. The molecule has 0 aliphatic rings. The first-order valence-electron chi connectivity index (χ1n) is 6.84. The molecule has 1 aromatic carbocycles. The predicted octanol–water partition coefficient (Wildman–Crippen LogP) is 2.92. The van der Waals surface area contributed by atoms with Gasteiger partial charge in [-0.05, 0) is 57.5 Å². The van der Waals surface area contributed by atoms with Gasteiger partial charge in [0.2, 0.25) is 0 Å². The second-order valence-electron chi connectivity index (χ2n) is 4.59. The van der Waals surface area contributed by atoms with Crippen LogP contribution in [0.3, 0.4) is 0 Å². The van der Waals surface area contributed by atoms with Crippen molar-refractivity contribution in [2.75, 3.05) is 26.3 Å². The summed E-state index contributed by atoms with van der Waals surface area (Å²) in [5, 5.41) is 3.32. The zero-order chi connectivity index (χ0) is 14.1. The molecular formula is C15H24FNO2. The van der Waals surface area contributed by atoms with Crippen molar-refractivity contribution in [1.82, 2.24) is 5.32 Å². The van der Waals surface area contributed by atoms with Crippen molar-refractivity contribution in [3.05, 3.63) is 29.6 Å². The SMILES string of the molecule is CCOCCCNCC(C)Oc1ccc(F)cc1C. The minimum Gasteiger partial charge on any atom is -0.489 e. The number of hydrogen-bond donors (Lipinski definition) is 1. The molecule has 4 heteroatoms. The molecule has 3 nitrogen and oxygen atoms in total. The van der Waals surface area contributed by atoms with Crippen molar-refractivity contribution < 1.29 is 13.9 Å². The number of nitrogens with one attached hydrogen (secondary N) is 1. The molecule has 0 saturated carbocycles. The molecule has 0 radical (unpaired) electrons. The number of aryl methyl sites for hydroxylation is 1. The molecule has 0 aliphatic heterocycles. The monoisotopic (exact) mass is 269 g/mol. The van der Waals surface area contributed by atoms with Gasteiger partial charge >= 0.3 is 0 Å².